The number of rotatable bonds is 5. The van der Waals surface area contributed by atoms with Crippen LogP contribution in [0.15, 0.2) is 11.6 Å². The Kier molecular flexibility index (Phi) is 4.63. The second-order valence-electron chi connectivity index (χ2n) is 10.2. The van der Waals surface area contributed by atoms with Crippen molar-refractivity contribution in [2.75, 3.05) is 19.7 Å². The zero-order chi connectivity index (χ0) is 18.5. The number of hydrogen-bond acceptors (Lipinski definition) is 4. The van der Waals surface area contributed by atoms with Crippen LogP contribution in [0.25, 0.3) is 0 Å². The van der Waals surface area contributed by atoms with Crippen LogP contribution in [-0.2, 0) is 14.3 Å². The van der Waals surface area contributed by atoms with Crippen molar-refractivity contribution in [2.45, 2.75) is 82.8 Å². The summed E-state index contributed by atoms with van der Waals surface area (Å²) >= 11 is 0. The Bertz CT molecular complexity index is 625. The predicted molar refractivity (Wildman–Crippen MR) is 104 cm³/mol. The van der Waals surface area contributed by atoms with Gasteiger partial charge in [0.25, 0.3) is 0 Å². The van der Waals surface area contributed by atoms with Gasteiger partial charge < -0.3 is 14.8 Å². The van der Waals surface area contributed by atoms with E-state index in [0.717, 1.165) is 39.0 Å². The first kappa shape index (κ1) is 18.2. The van der Waals surface area contributed by atoms with Crippen molar-refractivity contribution in [1.29, 1.82) is 0 Å². The summed E-state index contributed by atoms with van der Waals surface area (Å²) in [7, 11) is 0. The quantitative estimate of drug-likeness (QED) is 0.343. The van der Waals surface area contributed by atoms with Crippen molar-refractivity contribution in [3.05, 3.63) is 11.6 Å². The van der Waals surface area contributed by atoms with Gasteiger partial charge in [-0.25, -0.2) is 0 Å². The molecule has 4 heteroatoms. The Morgan fingerprint density at radius 3 is 2.93 bits per heavy atom. The molecule has 2 saturated carbocycles. The fourth-order valence-corrected chi connectivity index (χ4v) is 6.83. The molecule has 2 heterocycles. The Labute approximate surface area is 163 Å². The van der Waals surface area contributed by atoms with E-state index in [2.05, 4.69) is 18.3 Å². The molecule has 6 unspecified atom stereocenters. The van der Waals surface area contributed by atoms with Gasteiger partial charge in [-0.15, -0.1) is 0 Å². The first-order chi connectivity index (χ1) is 13.1. The minimum Gasteiger partial charge on any atom is -0.462 e. The number of ether oxygens (including phenoxy) is 2. The van der Waals surface area contributed by atoms with Gasteiger partial charge in [-0.05, 0) is 82.1 Å². The first-order valence-corrected chi connectivity index (χ1v) is 11.3. The molecule has 0 aromatic carbocycles. The summed E-state index contributed by atoms with van der Waals surface area (Å²) in [5, 5.41) is 3.58. The lowest BCUT2D eigenvalue weighted by molar-refractivity contribution is -0.147. The van der Waals surface area contributed by atoms with Gasteiger partial charge in [0.15, 0.2) is 0 Å². The Hall–Kier alpha value is -0.870. The maximum absolute atomic E-state index is 12.6. The summed E-state index contributed by atoms with van der Waals surface area (Å²) in [6.07, 6.45) is 14.8. The molecule has 5 aliphatic rings. The molecule has 4 fully saturated rings. The Balaban J connectivity index is 1.20. The molecule has 0 bridgehead atoms. The molecule has 0 aromatic heterocycles. The van der Waals surface area contributed by atoms with Crippen LogP contribution in [0.4, 0.5) is 0 Å². The van der Waals surface area contributed by atoms with E-state index in [-0.39, 0.29) is 23.6 Å². The van der Waals surface area contributed by atoms with E-state index >= 15 is 0 Å². The highest BCUT2D eigenvalue weighted by molar-refractivity contribution is 5.75. The smallest absolute Gasteiger partial charge is 0.310 e. The molecule has 5 rings (SSSR count). The standard InChI is InChI=1S/C23H35NO3/c1-22-9-5-10-23(15-26-23)20(22)12-17-18(21(25)27-19(17)13-22)14-24-11-8-16-6-3-2-4-7-16/h6,17-20,24H,2-5,7-15H2,1H3. The summed E-state index contributed by atoms with van der Waals surface area (Å²) in [5.41, 5.74) is 2.05. The monoisotopic (exact) mass is 373 g/mol. The molecular formula is C23H35NO3. The van der Waals surface area contributed by atoms with Crippen LogP contribution in [0.3, 0.4) is 0 Å². The van der Waals surface area contributed by atoms with Gasteiger partial charge >= 0.3 is 5.97 Å². The van der Waals surface area contributed by atoms with E-state index in [1.165, 1.54) is 44.9 Å². The van der Waals surface area contributed by atoms with Crippen molar-refractivity contribution in [3.8, 4) is 0 Å². The van der Waals surface area contributed by atoms with Crippen LogP contribution in [0.1, 0.15) is 71.1 Å². The van der Waals surface area contributed by atoms with Gasteiger partial charge in [0.05, 0.1) is 18.1 Å². The number of hydrogen-bond donors (Lipinski definition) is 1. The highest BCUT2D eigenvalue weighted by Gasteiger charge is 2.64. The van der Waals surface area contributed by atoms with E-state index < -0.39 is 0 Å². The molecule has 6 atom stereocenters. The number of epoxide rings is 1. The number of nitrogens with one attached hydrogen (secondary N) is 1. The molecule has 1 N–H and O–H groups in total. The molecular weight excluding hydrogens is 338 g/mol. The van der Waals surface area contributed by atoms with Crippen LogP contribution >= 0.6 is 0 Å². The third-order valence-electron chi connectivity index (χ3n) is 8.45. The lowest BCUT2D eigenvalue weighted by Crippen LogP contribution is -2.51. The number of fused-ring (bicyclic) bond motifs is 3. The molecule has 150 valence electrons. The highest BCUT2D eigenvalue weighted by atomic mass is 16.6. The lowest BCUT2D eigenvalue weighted by Gasteiger charge is -2.51. The Morgan fingerprint density at radius 1 is 1.26 bits per heavy atom. The van der Waals surface area contributed by atoms with E-state index in [1.807, 2.05) is 0 Å². The zero-order valence-electron chi connectivity index (χ0n) is 16.8. The van der Waals surface area contributed by atoms with E-state index in [9.17, 15) is 4.79 Å². The summed E-state index contributed by atoms with van der Waals surface area (Å²) in [4.78, 5) is 12.6. The SMILES string of the molecule is CC12CCCC3(CO3)C1CC1C(C2)OC(=O)C1CNCCC1=CCCCC1. The van der Waals surface area contributed by atoms with Crippen molar-refractivity contribution in [2.24, 2.45) is 23.2 Å². The van der Waals surface area contributed by atoms with Crippen molar-refractivity contribution >= 4 is 5.97 Å². The summed E-state index contributed by atoms with van der Waals surface area (Å²) in [5.74, 6) is 1.08. The summed E-state index contributed by atoms with van der Waals surface area (Å²) in [6, 6.07) is 0. The van der Waals surface area contributed by atoms with Crippen molar-refractivity contribution < 1.29 is 14.3 Å². The van der Waals surface area contributed by atoms with E-state index in [1.54, 1.807) is 5.57 Å². The van der Waals surface area contributed by atoms with Crippen molar-refractivity contribution in [3.63, 3.8) is 0 Å². The molecule has 4 nitrogen and oxygen atoms in total. The zero-order valence-corrected chi connectivity index (χ0v) is 16.8. The number of carbonyl (C=O) groups excluding carboxylic acids is 1. The maximum Gasteiger partial charge on any atom is 0.310 e. The van der Waals surface area contributed by atoms with Gasteiger partial charge in [-0.2, -0.15) is 0 Å². The van der Waals surface area contributed by atoms with Gasteiger partial charge in [0, 0.05) is 12.5 Å². The number of carbonyl (C=O) groups is 1. The fraction of sp³-hybridized carbons (Fsp3) is 0.870. The first-order valence-electron chi connectivity index (χ1n) is 11.3. The predicted octanol–water partition coefficient (Wildman–Crippen LogP) is 3.99. The van der Waals surface area contributed by atoms with Crippen LogP contribution in [0.5, 0.6) is 0 Å². The minimum absolute atomic E-state index is 0.0395. The maximum atomic E-state index is 12.6. The molecule has 0 amide bonds. The van der Waals surface area contributed by atoms with E-state index in [0.29, 0.717) is 17.3 Å². The van der Waals surface area contributed by atoms with Gasteiger partial charge in [-0.3, -0.25) is 4.79 Å². The third-order valence-corrected chi connectivity index (χ3v) is 8.45. The normalized spacial score (nSPS) is 45.8. The van der Waals surface area contributed by atoms with Crippen LogP contribution < -0.4 is 5.32 Å². The molecule has 2 aliphatic heterocycles. The average molecular weight is 374 g/mol. The van der Waals surface area contributed by atoms with Gasteiger partial charge in [0.1, 0.15) is 6.10 Å². The Morgan fingerprint density at radius 2 is 2.15 bits per heavy atom. The minimum atomic E-state index is 0.0395. The second-order valence-corrected chi connectivity index (χ2v) is 10.2. The van der Waals surface area contributed by atoms with E-state index in [4.69, 9.17) is 9.47 Å². The number of esters is 1. The topological polar surface area (TPSA) is 50.9 Å². The largest absolute Gasteiger partial charge is 0.462 e. The van der Waals surface area contributed by atoms with Crippen LogP contribution in [0.2, 0.25) is 0 Å². The summed E-state index contributed by atoms with van der Waals surface area (Å²) < 4.78 is 11.9. The molecule has 2 saturated heterocycles. The molecule has 0 radical (unpaired) electrons. The van der Waals surface area contributed by atoms with Crippen LogP contribution in [0, 0.1) is 23.2 Å². The number of allylic oxidation sites excluding steroid dienone is 1. The van der Waals surface area contributed by atoms with Crippen molar-refractivity contribution in [1.82, 2.24) is 5.32 Å². The molecule has 27 heavy (non-hydrogen) atoms. The van der Waals surface area contributed by atoms with Crippen LogP contribution in [-0.4, -0.2) is 37.4 Å². The molecule has 3 aliphatic carbocycles. The molecule has 1 spiro atoms. The molecule has 0 aromatic rings. The van der Waals surface area contributed by atoms with Gasteiger partial charge in [0.2, 0.25) is 0 Å². The third kappa shape index (κ3) is 3.27. The fourth-order valence-electron chi connectivity index (χ4n) is 6.83. The summed E-state index contributed by atoms with van der Waals surface area (Å²) in [6.45, 7) is 5.14. The second kappa shape index (κ2) is 6.88. The lowest BCUT2D eigenvalue weighted by atomic mass is 9.53. The van der Waals surface area contributed by atoms with Gasteiger partial charge in [-0.1, -0.05) is 18.6 Å². The average Bonchev–Trinajstić information content (AvgIpc) is 3.36. The highest BCUT2D eigenvalue weighted by Crippen LogP contribution is 2.62.